The standard InChI is InChI=1S/C24H32N4O4/c1-31-22-4-2-3-19(17-22)9-13-26-24(30)28-14-10-21(11-15-28)27-20-7-5-18(6-8-20)12-16-32-23(25)29/h2-8,17,21,27H,9-16H2,1H3,(H2,25,29)(H,26,30). The number of piperidine rings is 1. The summed E-state index contributed by atoms with van der Waals surface area (Å²) >= 11 is 0. The fourth-order valence-electron chi connectivity index (χ4n) is 3.75. The third-order valence-corrected chi connectivity index (χ3v) is 5.57. The topological polar surface area (TPSA) is 106 Å². The summed E-state index contributed by atoms with van der Waals surface area (Å²) in [5.74, 6) is 0.829. The Hall–Kier alpha value is -3.42. The van der Waals surface area contributed by atoms with Gasteiger partial charge in [0.05, 0.1) is 13.7 Å². The molecule has 0 saturated carbocycles. The van der Waals surface area contributed by atoms with Crippen molar-refractivity contribution in [2.45, 2.75) is 31.7 Å². The van der Waals surface area contributed by atoms with Gasteiger partial charge in [0, 0.05) is 37.8 Å². The van der Waals surface area contributed by atoms with E-state index in [-0.39, 0.29) is 12.6 Å². The normalized spacial score (nSPS) is 14.0. The van der Waals surface area contributed by atoms with Gasteiger partial charge in [0.1, 0.15) is 5.75 Å². The molecule has 32 heavy (non-hydrogen) atoms. The number of anilines is 1. The Morgan fingerprint density at radius 1 is 1.06 bits per heavy atom. The molecule has 2 aromatic rings. The zero-order valence-corrected chi connectivity index (χ0v) is 18.5. The molecule has 0 radical (unpaired) electrons. The average molecular weight is 441 g/mol. The molecule has 0 spiro atoms. The van der Waals surface area contributed by atoms with Crippen molar-refractivity contribution in [3.05, 3.63) is 59.7 Å². The predicted octanol–water partition coefficient (Wildman–Crippen LogP) is 3.16. The van der Waals surface area contributed by atoms with Crippen molar-refractivity contribution < 1.29 is 19.1 Å². The van der Waals surface area contributed by atoms with E-state index in [1.54, 1.807) is 7.11 Å². The van der Waals surface area contributed by atoms with E-state index in [0.29, 0.717) is 19.0 Å². The van der Waals surface area contributed by atoms with Gasteiger partial charge >= 0.3 is 12.1 Å². The number of rotatable bonds is 9. The van der Waals surface area contributed by atoms with Gasteiger partial charge in [-0.15, -0.1) is 0 Å². The summed E-state index contributed by atoms with van der Waals surface area (Å²) in [6.07, 6.45) is 2.45. The second-order valence-corrected chi connectivity index (χ2v) is 7.85. The van der Waals surface area contributed by atoms with Crippen molar-refractivity contribution in [1.82, 2.24) is 10.2 Å². The molecule has 1 heterocycles. The van der Waals surface area contributed by atoms with Crippen LogP contribution in [0.5, 0.6) is 5.75 Å². The lowest BCUT2D eigenvalue weighted by molar-refractivity contribution is 0.158. The lowest BCUT2D eigenvalue weighted by Gasteiger charge is -2.33. The zero-order valence-electron chi connectivity index (χ0n) is 18.5. The fraction of sp³-hybridized carbons (Fsp3) is 0.417. The molecule has 0 atom stereocenters. The summed E-state index contributed by atoms with van der Waals surface area (Å²) in [5.41, 5.74) is 8.23. The highest BCUT2D eigenvalue weighted by Gasteiger charge is 2.22. The Morgan fingerprint density at radius 3 is 2.50 bits per heavy atom. The van der Waals surface area contributed by atoms with E-state index in [4.69, 9.17) is 15.2 Å². The summed E-state index contributed by atoms with van der Waals surface area (Å²) in [6.45, 7) is 2.33. The predicted molar refractivity (Wildman–Crippen MR) is 124 cm³/mol. The van der Waals surface area contributed by atoms with E-state index in [2.05, 4.69) is 10.6 Å². The van der Waals surface area contributed by atoms with Gasteiger partial charge in [0.2, 0.25) is 0 Å². The summed E-state index contributed by atoms with van der Waals surface area (Å²) < 4.78 is 10.0. The van der Waals surface area contributed by atoms with E-state index in [9.17, 15) is 9.59 Å². The van der Waals surface area contributed by atoms with Crippen LogP contribution in [0.3, 0.4) is 0 Å². The third-order valence-electron chi connectivity index (χ3n) is 5.57. The molecule has 4 N–H and O–H groups in total. The maximum atomic E-state index is 12.5. The zero-order chi connectivity index (χ0) is 22.8. The van der Waals surface area contributed by atoms with Crippen molar-refractivity contribution in [3.8, 4) is 5.75 Å². The second kappa shape index (κ2) is 11.8. The SMILES string of the molecule is COc1cccc(CCNC(=O)N2CCC(Nc3ccc(CCOC(N)=O)cc3)CC2)c1. The van der Waals surface area contributed by atoms with Gasteiger partial charge in [-0.05, 0) is 54.7 Å². The van der Waals surface area contributed by atoms with E-state index in [1.807, 2.05) is 53.4 Å². The van der Waals surface area contributed by atoms with Gasteiger partial charge in [0.15, 0.2) is 0 Å². The lowest BCUT2D eigenvalue weighted by atomic mass is 10.0. The number of methoxy groups -OCH3 is 1. The number of nitrogens with one attached hydrogen (secondary N) is 2. The summed E-state index contributed by atoms with van der Waals surface area (Å²) in [4.78, 5) is 25.0. The minimum Gasteiger partial charge on any atom is -0.497 e. The van der Waals surface area contributed by atoms with E-state index < -0.39 is 6.09 Å². The number of hydrogen-bond acceptors (Lipinski definition) is 5. The lowest BCUT2D eigenvalue weighted by Crippen LogP contribution is -2.47. The van der Waals surface area contributed by atoms with Crippen molar-refractivity contribution in [3.63, 3.8) is 0 Å². The van der Waals surface area contributed by atoms with Crippen LogP contribution in [0.1, 0.15) is 24.0 Å². The smallest absolute Gasteiger partial charge is 0.404 e. The van der Waals surface area contributed by atoms with Gasteiger partial charge in [-0.25, -0.2) is 9.59 Å². The van der Waals surface area contributed by atoms with E-state index in [1.165, 1.54) is 0 Å². The number of urea groups is 1. The van der Waals surface area contributed by atoms with Gasteiger partial charge in [-0.3, -0.25) is 0 Å². The largest absolute Gasteiger partial charge is 0.497 e. The Balaban J connectivity index is 1.35. The number of primary amides is 1. The van der Waals surface area contributed by atoms with Crippen LogP contribution in [-0.4, -0.2) is 56.4 Å². The minimum atomic E-state index is -0.750. The Morgan fingerprint density at radius 2 is 1.81 bits per heavy atom. The highest BCUT2D eigenvalue weighted by molar-refractivity contribution is 5.74. The highest BCUT2D eigenvalue weighted by atomic mass is 16.5. The van der Waals surface area contributed by atoms with Gasteiger partial charge in [-0.2, -0.15) is 0 Å². The number of hydrogen-bond donors (Lipinski definition) is 3. The number of ether oxygens (including phenoxy) is 2. The first kappa shape index (κ1) is 23.2. The van der Waals surface area contributed by atoms with Crippen molar-refractivity contribution in [2.75, 3.05) is 38.7 Å². The molecule has 1 aliphatic heterocycles. The number of amides is 3. The van der Waals surface area contributed by atoms with Crippen LogP contribution in [0, 0.1) is 0 Å². The van der Waals surface area contributed by atoms with Gasteiger partial charge in [0.25, 0.3) is 0 Å². The fourth-order valence-corrected chi connectivity index (χ4v) is 3.75. The summed E-state index contributed by atoms with van der Waals surface area (Å²) in [7, 11) is 1.65. The first-order valence-corrected chi connectivity index (χ1v) is 11.0. The maximum Gasteiger partial charge on any atom is 0.404 e. The van der Waals surface area contributed by atoms with Crippen LogP contribution in [-0.2, 0) is 17.6 Å². The Bertz CT molecular complexity index is 880. The molecule has 2 aromatic carbocycles. The molecular formula is C24H32N4O4. The van der Waals surface area contributed by atoms with Crippen molar-refractivity contribution >= 4 is 17.8 Å². The molecule has 3 amide bonds. The molecular weight excluding hydrogens is 408 g/mol. The molecule has 8 nitrogen and oxygen atoms in total. The number of benzene rings is 2. The van der Waals surface area contributed by atoms with Crippen molar-refractivity contribution in [1.29, 1.82) is 0 Å². The highest BCUT2D eigenvalue weighted by Crippen LogP contribution is 2.18. The quantitative estimate of drug-likeness (QED) is 0.555. The Labute approximate surface area is 189 Å². The molecule has 8 heteroatoms. The Kier molecular flexibility index (Phi) is 8.60. The van der Waals surface area contributed by atoms with Crippen LogP contribution >= 0.6 is 0 Å². The molecule has 1 fully saturated rings. The molecule has 172 valence electrons. The molecule has 1 aliphatic rings. The molecule has 1 saturated heterocycles. The van der Waals surface area contributed by atoms with Crippen molar-refractivity contribution in [2.24, 2.45) is 5.73 Å². The third kappa shape index (κ3) is 7.37. The average Bonchev–Trinajstić information content (AvgIpc) is 2.80. The summed E-state index contributed by atoms with van der Waals surface area (Å²) in [6, 6.07) is 16.3. The van der Waals surface area contributed by atoms with Crippen LogP contribution in [0.2, 0.25) is 0 Å². The monoisotopic (exact) mass is 440 g/mol. The molecule has 0 aliphatic carbocycles. The minimum absolute atomic E-state index is 0.00567. The van der Waals surface area contributed by atoms with E-state index in [0.717, 1.165) is 54.9 Å². The molecule has 3 rings (SSSR count). The van der Waals surface area contributed by atoms with Crippen LogP contribution < -0.4 is 21.1 Å². The molecule has 0 unspecified atom stereocenters. The van der Waals surface area contributed by atoms with Crippen LogP contribution in [0.15, 0.2) is 48.5 Å². The number of carbonyl (C=O) groups excluding carboxylic acids is 2. The van der Waals surface area contributed by atoms with Crippen LogP contribution in [0.4, 0.5) is 15.3 Å². The first-order chi connectivity index (χ1) is 15.5. The van der Waals surface area contributed by atoms with Gasteiger partial charge < -0.3 is 30.7 Å². The number of likely N-dealkylation sites (tertiary alicyclic amines) is 1. The first-order valence-electron chi connectivity index (χ1n) is 11.0. The molecule has 0 bridgehead atoms. The molecule has 0 aromatic heterocycles. The second-order valence-electron chi connectivity index (χ2n) is 7.85. The number of nitrogens with zero attached hydrogens (tertiary/aromatic N) is 1. The van der Waals surface area contributed by atoms with Gasteiger partial charge in [-0.1, -0.05) is 24.3 Å². The van der Waals surface area contributed by atoms with E-state index >= 15 is 0 Å². The number of nitrogens with two attached hydrogens (primary N) is 1. The van der Waals surface area contributed by atoms with Crippen LogP contribution in [0.25, 0.3) is 0 Å². The summed E-state index contributed by atoms with van der Waals surface area (Å²) in [5, 5.41) is 6.56. The number of carbonyl (C=O) groups is 2. The maximum absolute atomic E-state index is 12.5.